The lowest BCUT2D eigenvalue weighted by atomic mass is 9.68. The van der Waals surface area contributed by atoms with Crippen LogP contribution in [0.4, 0.5) is 8.78 Å². The topological polar surface area (TPSA) is 0 Å². The third kappa shape index (κ3) is 3.68. The second-order valence-corrected chi connectivity index (χ2v) is 8.10. The summed E-state index contributed by atoms with van der Waals surface area (Å²) in [5.74, 6) is 1.68. The van der Waals surface area contributed by atoms with Crippen molar-refractivity contribution in [3.63, 3.8) is 0 Å². The van der Waals surface area contributed by atoms with Gasteiger partial charge in [-0.1, -0.05) is 45.2 Å². The maximum Gasteiger partial charge on any atom is 0.162 e. The first-order valence-electron chi connectivity index (χ1n) is 10.1. The summed E-state index contributed by atoms with van der Waals surface area (Å²) in [5, 5.41) is 0. The Kier molecular flexibility index (Phi) is 5.94. The van der Waals surface area contributed by atoms with Crippen LogP contribution in [0.5, 0.6) is 0 Å². The van der Waals surface area contributed by atoms with Crippen LogP contribution in [0, 0.1) is 29.4 Å². The molecule has 0 spiro atoms. The monoisotopic (exact) mass is 334 g/mol. The predicted molar refractivity (Wildman–Crippen MR) is 96.2 cm³/mol. The van der Waals surface area contributed by atoms with Crippen LogP contribution in [0.15, 0.2) is 12.1 Å². The van der Waals surface area contributed by atoms with Gasteiger partial charge in [0.25, 0.3) is 0 Å². The number of aryl methyl sites for hydroxylation is 1. The number of benzene rings is 1. The zero-order chi connectivity index (χ0) is 17.1. The van der Waals surface area contributed by atoms with E-state index in [-0.39, 0.29) is 5.92 Å². The van der Waals surface area contributed by atoms with Gasteiger partial charge < -0.3 is 0 Å². The first-order valence-corrected chi connectivity index (χ1v) is 10.1. The molecule has 0 atom stereocenters. The molecule has 0 amide bonds. The average molecular weight is 334 g/mol. The minimum atomic E-state index is -0.616. The summed E-state index contributed by atoms with van der Waals surface area (Å²) in [6, 6.07) is 3.63. The Morgan fingerprint density at radius 3 is 1.92 bits per heavy atom. The molecule has 2 aliphatic rings. The highest BCUT2D eigenvalue weighted by molar-refractivity contribution is 5.29. The van der Waals surface area contributed by atoms with Crippen molar-refractivity contribution in [2.45, 2.75) is 84.0 Å². The Balaban J connectivity index is 1.59. The molecule has 2 aliphatic carbocycles. The minimum absolute atomic E-state index is 0.216. The third-order valence-electron chi connectivity index (χ3n) is 6.92. The molecule has 1 aromatic rings. The molecule has 0 radical (unpaired) electrons. The molecular formula is C22H32F2. The molecule has 0 aliphatic heterocycles. The molecule has 0 saturated heterocycles. The van der Waals surface area contributed by atoms with Crippen LogP contribution in [0.3, 0.4) is 0 Å². The molecule has 2 heteroatoms. The fraction of sp³-hybridized carbons (Fsp3) is 0.727. The van der Waals surface area contributed by atoms with Crippen molar-refractivity contribution >= 4 is 0 Å². The van der Waals surface area contributed by atoms with Crippen LogP contribution >= 0.6 is 0 Å². The van der Waals surface area contributed by atoms with E-state index in [1.54, 1.807) is 6.07 Å². The van der Waals surface area contributed by atoms with Crippen LogP contribution in [0.2, 0.25) is 0 Å². The van der Waals surface area contributed by atoms with E-state index in [0.29, 0.717) is 17.5 Å². The van der Waals surface area contributed by atoms with Crippen molar-refractivity contribution in [3.8, 4) is 0 Å². The molecule has 0 nitrogen and oxygen atoms in total. The highest BCUT2D eigenvalue weighted by Gasteiger charge is 2.32. The SMILES string of the molecule is CCc1ccc(C2CCC(C3CCC(CC)CC3)CC2)c(F)c1F. The van der Waals surface area contributed by atoms with Gasteiger partial charge in [0, 0.05) is 0 Å². The Bertz CT molecular complexity index is 535. The molecule has 1 aromatic carbocycles. The standard InChI is InChI=1S/C22H32F2/c1-3-15-5-7-17(8-6-15)18-9-11-19(12-10-18)20-14-13-16(4-2)21(23)22(20)24/h13-15,17-19H,3-12H2,1-2H3. The molecular weight excluding hydrogens is 302 g/mol. The van der Waals surface area contributed by atoms with E-state index in [0.717, 1.165) is 30.6 Å². The summed E-state index contributed by atoms with van der Waals surface area (Å²) in [6.45, 7) is 4.18. The van der Waals surface area contributed by atoms with Gasteiger partial charge in [-0.3, -0.25) is 0 Å². The van der Waals surface area contributed by atoms with Crippen LogP contribution in [0.1, 0.15) is 88.7 Å². The zero-order valence-electron chi connectivity index (χ0n) is 15.3. The van der Waals surface area contributed by atoms with Gasteiger partial charge in [0.05, 0.1) is 0 Å². The molecule has 0 bridgehead atoms. The van der Waals surface area contributed by atoms with Gasteiger partial charge in [0.1, 0.15) is 0 Å². The van der Waals surface area contributed by atoms with E-state index in [9.17, 15) is 8.78 Å². The van der Waals surface area contributed by atoms with Crippen LogP contribution in [0.25, 0.3) is 0 Å². The van der Waals surface area contributed by atoms with E-state index < -0.39 is 11.6 Å². The predicted octanol–water partition coefficient (Wildman–Crippen LogP) is 7.02. The minimum Gasteiger partial charge on any atom is -0.203 e. The van der Waals surface area contributed by atoms with Crippen molar-refractivity contribution in [1.29, 1.82) is 0 Å². The van der Waals surface area contributed by atoms with Gasteiger partial charge in [-0.05, 0) is 79.7 Å². The quantitative estimate of drug-likeness (QED) is 0.555. The van der Waals surface area contributed by atoms with Gasteiger partial charge in [-0.25, -0.2) is 8.78 Å². The first-order chi connectivity index (χ1) is 11.6. The molecule has 0 unspecified atom stereocenters. The van der Waals surface area contributed by atoms with Crippen molar-refractivity contribution in [3.05, 3.63) is 34.9 Å². The number of halogens is 2. The Morgan fingerprint density at radius 1 is 0.792 bits per heavy atom. The van der Waals surface area contributed by atoms with Crippen LogP contribution in [-0.2, 0) is 6.42 Å². The summed E-state index contributed by atoms with van der Waals surface area (Å²) < 4.78 is 28.5. The Morgan fingerprint density at radius 2 is 1.38 bits per heavy atom. The molecule has 0 N–H and O–H groups in total. The molecule has 134 valence electrons. The largest absolute Gasteiger partial charge is 0.203 e. The first kappa shape index (κ1) is 17.9. The second-order valence-electron chi connectivity index (χ2n) is 8.10. The number of rotatable bonds is 4. The van der Waals surface area contributed by atoms with E-state index in [1.807, 2.05) is 13.0 Å². The highest BCUT2D eigenvalue weighted by atomic mass is 19.2. The smallest absolute Gasteiger partial charge is 0.162 e. The van der Waals surface area contributed by atoms with Gasteiger partial charge in [-0.2, -0.15) is 0 Å². The van der Waals surface area contributed by atoms with E-state index >= 15 is 0 Å². The maximum absolute atomic E-state index is 14.4. The number of hydrogen-bond acceptors (Lipinski definition) is 0. The number of hydrogen-bond donors (Lipinski definition) is 0. The Hall–Kier alpha value is -0.920. The van der Waals surface area contributed by atoms with Crippen LogP contribution in [-0.4, -0.2) is 0 Å². The normalized spacial score (nSPS) is 31.2. The molecule has 0 aromatic heterocycles. The summed E-state index contributed by atoms with van der Waals surface area (Å²) in [5.41, 5.74) is 1.12. The van der Waals surface area contributed by atoms with E-state index in [4.69, 9.17) is 0 Å². The van der Waals surface area contributed by atoms with Crippen molar-refractivity contribution < 1.29 is 8.78 Å². The lowest BCUT2D eigenvalue weighted by Gasteiger charge is -2.38. The highest BCUT2D eigenvalue weighted by Crippen LogP contribution is 2.44. The van der Waals surface area contributed by atoms with Crippen molar-refractivity contribution in [2.24, 2.45) is 17.8 Å². The van der Waals surface area contributed by atoms with Crippen molar-refractivity contribution in [1.82, 2.24) is 0 Å². The van der Waals surface area contributed by atoms with Gasteiger partial charge >= 0.3 is 0 Å². The fourth-order valence-electron chi connectivity index (χ4n) is 5.16. The third-order valence-corrected chi connectivity index (χ3v) is 6.92. The molecule has 0 heterocycles. The average Bonchev–Trinajstić information content (AvgIpc) is 2.64. The second kappa shape index (κ2) is 7.97. The molecule has 3 rings (SSSR count). The molecule has 24 heavy (non-hydrogen) atoms. The van der Waals surface area contributed by atoms with E-state index in [1.165, 1.54) is 44.9 Å². The molecule has 2 saturated carbocycles. The Labute approximate surface area is 146 Å². The summed E-state index contributed by atoms with van der Waals surface area (Å²) in [4.78, 5) is 0. The lowest BCUT2D eigenvalue weighted by Crippen LogP contribution is -2.25. The van der Waals surface area contributed by atoms with Crippen LogP contribution < -0.4 is 0 Å². The summed E-state index contributed by atoms with van der Waals surface area (Å²) in [6.07, 6.45) is 11.9. The molecule has 2 fully saturated rings. The van der Waals surface area contributed by atoms with Gasteiger partial charge in [0.2, 0.25) is 0 Å². The van der Waals surface area contributed by atoms with Gasteiger partial charge in [0.15, 0.2) is 11.6 Å². The summed E-state index contributed by atoms with van der Waals surface area (Å²) in [7, 11) is 0. The lowest BCUT2D eigenvalue weighted by molar-refractivity contribution is 0.158. The van der Waals surface area contributed by atoms with Gasteiger partial charge in [-0.15, -0.1) is 0 Å². The zero-order valence-corrected chi connectivity index (χ0v) is 15.3. The van der Waals surface area contributed by atoms with Crippen molar-refractivity contribution in [2.75, 3.05) is 0 Å². The fourth-order valence-corrected chi connectivity index (χ4v) is 5.16. The summed E-state index contributed by atoms with van der Waals surface area (Å²) >= 11 is 0. The van der Waals surface area contributed by atoms with E-state index in [2.05, 4.69) is 6.92 Å². The maximum atomic E-state index is 14.4.